The minimum absolute atomic E-state index is 0.470. The molecule has 12 aromatic rings. The van der Waals surface area contributed by atoms with Gasteiger partial charge < -0.3 is 43.6 Å². The Kier molecular flexibility index (Phi) is 21.6. The summed E-state index contributed by atoms with van der Waals surface area (Å²) in [5, 5.41) is 43.0. The zero-order valence-corrected chi connectivity index (χ0v) is 70.9. The zero-order valence-electron chi connectivity index (χ0n) is 70.9. The lowest BCUT2D eigenvalue weighted by molar-refractivity contribution is -0.00881. The van der Waals surface area contributed by atoms with Crippen molar-refractivity contribution in [1.82, 2.24) is 98.1 Å². The normalized spacial score (nSPS) is 22.7. The van der Waals surface area contributed by atoms with E-state index in [4.69, 9.17) is 39.1 Å². The molecule has 6 unspecified atom stereocenters. The second-order valence-electron chi connectivity index (χ2n) is 36.0. The molecule has 12 aliphatic heterocycles. The maximum Gasteiger partial charge on any atom is 0.212 e. The quantitative estimate of drug-likeness (QED) is 0.0685. The molecule has 14 fully saturated rings. The standard InChI is InChI=1S/C33H36N8O.C32H35N9O.C30H33N9O/c1-42-32-7-2-22(15-36-32)18-40-28-13-29(40)21-39(20-28)31-6-3-24(16-35-31)30-12-25(19-41-33(30)26(14-34)17-37-41)23-8-10-38(11-9-23)27-4-5-27;1-42-31-5-2-21(13-36-31)17-40-26-11-27(40)20-39(19-26)30-16-34-29(15-35-30)28-10-23(18-41-32(28)24(12-33)14-37-41)22-6-8-38(9-7-22)25-3-4-25;1-36-7-5-21(6-8-36)22-9-26(30-23(11-31)13-35-39(30)17-22)27-14-33-28(15-32-27)37-18-24-10-25(19-37)38(24)16-20-3-4-29(40-2)34-12-20/h2-3,6-7,12,15-17,19,23,27-29H,4-5,8-11,13,18,20-21H2,1H3;2,5,10,13-16,18,22,25-27H,3-4,6-9,11,17,19-20H2,1H3;3-4,9,12-15,17,21,24-25H,5-8,10,16,18-19H2,1-2H3. The van der Waals surface area contributed by atoms with Crippen molar-refractivity contribution < 1.29 is 14.2 Å². The summed E-state index contributed by atoms with van der Waals surface area (Å²) in [6.45, 7) is 15.3. The molecule has 24 heterocycles. The lowest BCUT2D eigenvalue weighted by Crippen LogP contribution is -2.68. The van der Waals surface area contributed by atoms with Gasteiger partial charge in [0.2, 0.25) is 17.6 Å². The summed E-state index contributed by atoms with van der Waals surface area (Å²) >= 11 is 0. The van der Waals surface area contributed by atoms with E-state index in [0.717, 1.165) is 190 Å². The number of ether oxygens (including phenoxy) is 3. The Hall–Kier alpha value is -12.1. The minimum Gasteiger partial charge on any atom is -0.481 e. The summed E-state index contributed by atoms with van der Waals surface area (Å²) < 4.78 is 21.2. The van der Waals surface area contributed by atoms with Crippen LogP contribution in [0.2, 0.25) is 0 Å². The Morgan fingerprint density at radius 1 is 0.347 bits per heavy atom. The average Bonchev–Trinajstić information content (AvgIpc) is 1.44. The van der Waals surface area contributed by atoms with Crippen molar-refractivity contribution in [3.8, 4) is 69.5 Å². The third-order valence-corrected chi connectivity index (χ3v) is 28.6. The van der Waals surface area contributed by atoms with Crippen molar-refractivity contribution >= 4 is 34.0 Å². The highest BCUT2D eigenvalue weighted by Gasteiger charge is 2.48. The third-order valence-electron chi connectivity index (χ3n) is 28.6. The van der Waals surface area contributed by atoms with Crippen LogP contribution in [0.5, 0.6) is 17.6 Å². The SMILES string of the molecule is COc1ccc(CN2C3CC2CN(c2ccc(-c4cc(C5CCN(C6CC6)CC5)cn5ncc(C#N)c45)cn2)C3)cn1.COc1ccc(CN2C3CC2CN(c2cnc(-c4cc(C5CCN(C)CC5)cn5ncc(C#N)c45)cn2)C3)cn1.COc1ccc(CN2C3CC2CN(c2cnc(-c4cc(C5CCN(C6CC6)CC5)cn5ncc(C#N)c45)cn2)C3)cn1. The van der Waals surface area contributed by atoms with Crippen LogP contribution in [0, 0.1) is 34.0 Å². The van der Waals surface area contributed by atoms with Crippen LogP contribution in [0.3, 0.4) is 0 Å². The van der Waals surface area contributed by atoms with E-state index >= 15 is 0 Å². The third kappa shape index (κ3) is 15.8. The minimum atomic E-state index is 0.470. The summed E-state index contributed by atoms with van der Waals surface area (Å²) in [5.41, 5.74) is 17.2. The molecule has 0 amide bonds. The number of nitrogens with zero attached hydrogens (tertiary/aromatic N) is 26. The predicted octanol–water partition coefficient (Wildman–Crippen LogP) is 11.7. The number of nitriles is 3. The van der Waals surface area contributed by atoms with E-state index in [0.29, 0.717) is 88.3 Å². The molecule has 14 aliphatic rings. The number of hydrogen-bond acceptors (Lipinski definition) is 26. The Morgan fingerprint density at radius 2 is 0.694 bits per heavy atom. The molecule has 29 nitrogen and oxygen atoms in total. The van der Waals surface area contributed by atoms with Gasteiger partial charge in [0.05, 0.1) is 109 Å². The number of anilines is 3. The monoisotopic (exact) mass is 1660 g/mol. The molecule has 2 saturated carbocycles. The van der Waals surface area contributed by atoms with Crippen molar-refractivity contribution in [3.63, 3.8) is 0 Å². The van der Waals surface area contributed by atoms with Crippen LogP contribution in [0.15, 0.2) is 153 Å². The zero-order chi connectivity index (χ0) is 83.6. The number of piperidine rings is 6. The van der Waals surface area contributed by atoms with Gasteiger partial charge >= 0.3 is 0 Å². The first-order valence-electron chi connectivity index (χ1n) is 44.4. The van der Waals surface area contributed by atoms with Crippen molar-refractivity contribution in [2.45, 2.75) is 169 Å². The van der Waals surface area contributed by atoms with Gasteiger partial charge in [-0.15, -0.1) is 0 Å². The van der Waals surface area contributed by atoms with Crippen LogP contribution < -0.4 is 28.9 Å². The molecular weight excluding hydrogens is 1550 g/mol. The smallest absolute Gasteiger partial charge is 0.212 e. The van der Waals surface area contributed by atoms with Gasteiger partial charge in [-0.05, 0) is 211 Å². The number of methoxy groups -OCH3 is 3. The molecule has 6 bridgehead atoms. The van der Waals surface area contributed by atoms with Gasteiger partial charge in [-0.2, -0.15) is 31.1 Å². The second-order valence-corrected chi connectivity index (χ2v) is 36.0. The first-order chi connectivity index (χ1) is 60.9. The molecule has 12 saturated heterocycles. The summed E-state index contributed by atoms with van der Waals surface area (Å²) in [6, 6.07) is 34.8. The lowest BCUT2D eigenvalue weighted by Gasteiger charge is -2.56. The molecule has 6 atom stereocenters. The predicted molar refractivity (Wildman–Crippen MR) is 470 cm³/mol. The Labute approximate surface area is 722 Å². The largest absolute Gasteiger partial charge is 0.481 e. The molecule has 0 aromatic carbocycles. The van der Waals surface area contributed by atoms with Crippen molar-refractivity contribution in [1.29, 1.82) is 15.8 Å². The van der Waals surface area contributed by atoms with Gasteiger partial charge in [-0.1, -0.05) is 18.2 Å². The number of hydrogen-bond donors (Lipinski definition) is 0. The molecular formula is C95H104N26O3. The molecule has 632 valence electrons. The molecule has 124 heavy (non-hydrogen) atoms. The average molecular weight is 1660 g/mol. The molecule has 0 N–H and O–H groups in total. The van der Waals surface area contributed by atoms with Crippen molar-refractivity contribution in [2.24, 2.45) is 0 Å². The first kappa shape index (κ1) is 79.1. The molecule has 0 radical (unpaired) electrons. The van der Waals surface area contributed by atoms with Crippen molar-refractivity contribution in [3.05, 3.63) is 204 Å². The van der Waals surface area contributed by atoms with Gasteiger partial charge in [0.1, 0.15) is 35.7 Å². The number of rotatable bonds is 20. The van der Waals surface area contributed by atoms with Gasteiger partial charge in [-0.25, -0.2) is 43.5 Å². The Morgan fingerprint density at radius 3 is 1.01 bits per heavy atom. The molecule has 29 heteroatoms. The fourth-order valence-electron chi connectivity index (χ4n) is 21.3. The van der Waals surface area contributed by atoms with Crippen LogP contribution in [0.25, 0.3) is 50.2 Å². The van der Waals surface area contributed by atoms with Crippen LogP contribution in [-0.2, 0) is 19.6 Å². The first-order valence-corrected chi connectivity index (χ1v) is 44.4. The van der Waals surface area contributed by atoms with Gasteiger partial charge in [0.15, 0.2) is 0 Å². The van der Waals surface area contributed by atoms with Crippen LogP contribution >= 0.6 is 0 Å². The van der Waals surface area contributed by atoms with E-state index in [2.05, 4.69) is 167 Å². The summed E-state index contributed by atoms with van der Waals surface area (Å²) in [6.07, 6.45) is 42.6. The highest BCUT2D eigenvalue weighted by Crippen LogP contribution is 2.44. The van der Waals surface area contributed by atoms with Crippen LogP contribution in [0.1, 0.15) is 151 Å². The summed E-state index contributed by atoms with van der Waals surface area (Å²) in [7, 11) is 7.11. The van der Waals surface area contributed by atoms with E-state index in [1.165, 1.54) is 104 Å². The number of piperazine rings is 3. The van der Waals surface area contributed by atoms with Gasteiger partial charge in [0.25, 0.3) is 0 Å². The number of fused-ring (bicyclic) bond motifs is 9. The van der Waals surface area contributed by atoms with E-state index in [9.17, 15) is 15.8 Å². The van der Waals surface area contributed by atoms with Crippen molar-refractivity contribution in [2.75, 3.05) is 122 Å². The Balaban J connectivity index is 0.000000114. The maximum atomic E-state index is 9.84. The fraction of sp³-hybridized carbons (Fsp3) is 0.453. The number of likely N-dealkylation sites (tertiary alicyclic amines) is 3. The Bertz CT molecular complexity index is 5690. The van der Waals surface area contributed by atoms with Crippen LogP contribution in [-0.4, -0.2) is 253 Å². The summed E-state index contributed by atoms with van der Waals surface area (Å²) in [4.78, 5) is 60.1. The van der Waals surface area contributed by atoms with E-state index < -0.39 is 0 Å². The fourth-order valence-corrected chi connectivity index (χ4v) is 21.3. The van der Waals surface area contributed by atoms with E-state index in [1.807, 2.05) is 81.3 Å². The summed E-state index contributed by atoms with van der Waals surface area (Å²) in [5.74, 6) is 6.26. The van der Waals surface area contributed by atoms with E-state index in [-0.39, 0.29) is 0 Å². The van der Waals surface area contributed by atoms with Gasteiger partial charge in [0, 0.05) is 191 Å². The van der Waals surface area contributed by atoms with Gasteiger partial charge in [-0.3, -0.25) is 24.7 Å². The highest BCUT2D eigenvalue weighted by molar-refractivity contribution is 5.86. The molecule has 2 aliphatic carbocycles. The second kappa shape index (κ2) is 33.8. The number of aromatic nitrogens is 14. The molecule has 12 aromatic heterocycles. The number of pyridine rings is 7. The topological polar surface area (TPSA) is 283 Å². The van der Waals surface area contributed by atoms with Crippen LogP contribution in [0.4, 0.5) is 17.5 Å². The molecule has 0 spiro atoms. The molecule has 26 rings (SSSR count). The maximum absolute atomic E-state index is 9.84. The lowest BCUT2D eigenvalue weighted by atomic mass is 9.87. The van der Waals surface area contributed by atoms with E-state index in [1.54, 1.807) is 39.9 Å². The highest BCUT2D eigenvalue weighted by atomic mass is 16.5.